The Hall–Kier alpha value is -1.96. The summed E-state index contributed by atoms with van der Waals surface area (Å²) in [6, 6.07) is 0. The van der Waals surface area contributed by atoms with Crippen molar-refractivity contribution in [3.05, 3.63) is 58.2 Å². The predicted octanol–water partition coefficient (Wildman–Crippen LogP) is 5.92. The molecule has 3 rings (SSSR count). The molecule has 0 N–H and O–H groups in total. The van der Waals surface area contributed by atoms with Crippen LogP contribution in [0.4, 0.5) is 0 Å². The van der Waals surface area contributed by atoms with Gasteiger partial charge in [-0.15, -0.1) is 0 Å². The number of carbonyl (C=O) groups excluding carboxylic acids is 2. The molecule has 1 saturated carbocycles. The van der Waals surface area contributed by atoms with Gasteiger partial charge in [0.1, 0.15) is 6.29 Å². The van der Waals surface area contributed by atoms with Crippen LogP contribution in [0.2, 0.25) is 0 Å². The molecular weight excluding hydrogens is 332 g/mol. The van der Waals surface area contributed by atoms with E-state index in [4.69, 9.17) is 0 Å². The van der Waals surface area contributed by atoms with Crippen LogP contribution in [0.25, 0.3) is 0 Å². The summed E-state index contributed by atoms with van der Waals surface area (Å²) in [4.78, 5) is 24.2. The first kappa shape index (κ1) is 19.8. The number of hydrogen-bond donors (Lipinski definition) is 0. The summed E-state index contributed by atoms with van der Waals surface area (Å²) < 4.78 is 0. The quantitative estimate of drug-likeness (QED) is 0.460. The Morgan fingerprint density at radius 3 is 2.67 bits per heavy atom. The summed E-state index contributed by atoms with van der Waals surface area (Å²) in [7, 11) is 0. The molecule has 0 aromatic rings. The minimum absolute atomic E-state index is 0.118. The number of fused-ring (bicyclic) bond motifs is 2. The second-order valence-corrected chi connectivity index (χ2v) is 9.15. The van der Waals surface area contributed by atoms with Gasteiger partial charge in [-0.2, -0.15) is 0 Å². The molecule has 0 aromatic heterocycles. The molecule has 0 amide bonds. The average molecular weight is 365 g/mol. The molecule has 0 bridgehead atoms. The fourth-order valence-electron chi connectivity index (χ4n) is 5.39. The lowest BCUT2D eigenvalue weighted by molar-refractivity contribution is -0.119. The monoisotopic (exact) mass is 364 g/mol. The largest absolute Gasteiger partial charge is 0.298 e. The molecule has 4 atom stereocenters. The molecule has 2 nitrogen and oxygen atoms in total. The maximum absolute atomic E-state index is 12.5. The molecule has 0 radical (unpaired) electrons. The van der Waals surface area contributed by atoms with Gasteiger partial charge in [0.15, 0.2) is 5.78 Å². The summed E-state index contributed by atoms with van der Waals surface area (Å²) in [6.07, 6.45) is 15.4. The lowest BCUT2D eigenvalue weighted by Gasteiger charge is -2.38. The van der Waals surface area contributed by atoms with E-state index in [2.05, 4.69) is 58.9 Å². The minimum atomic E-state index is -0.244. The van der Waals surface area contributed by atoms with Crippen molar-refractivity contribution < 1.29 is 9.59 Å². The molecule has 0 aromatic carbocycles. The molecular formula is C25H32O2. The number of carbonyl (C=O) groups is 2. The van der Waals surface area contributed by atoms with Gasteiger partial charge in [0.25, 0.3) is 0 Å². The van der Waals surface area contributed by atoms with E-state index in [0.717, 1.165) is 37.5 Å². The topological polar surface area (TPSA) is 34.1 Å². The smallest absolute Gasteiger partial charge is 0.163 e. The summed E-state index contributed by atoms with van der Waals surface area (Å²) in [5.74, 6) is 0.510. The van der Waals surface area contributed by atoms with Crippen molar-refractivity contribution in [3.8, 4) is 0 Å². The maximum Gasteiger partial charge on any atom is 0.163 e. The first-order chi connectivity index (χ1) is 12.8. The Kier molecular flexibility index (Phi) is 5.55. The lowest BCUT2D eigenvalue weighted by Crippen LogP contribution is -2.32. The number of rotatable bonds is 3. The van der Waals surface area contributed by atoms with E-state index in [1.165, 1.54) is 16.7 Å². The molecule has 2 heteroatoms. The predicted molar refractivity (Wildman–Crippen MR) is 111 cm³/mol. The molecule has 0 saturated heterocycles. The Balaban J connectivity index is 1.99. The standard InChI is InChI=1S/C25H32O2/c1-16(2)7-6-8-17(3)20-11-12-25(5)14-21-18(4)13-23(27)24(21)19(15-26)9-10-22(20)25/h6-9,13,15,21-22,24H,10-12,14H2,1-5H3/b8-6+,19-9?,20-17+/t21-,22+,24-,25-/m1/s1. The van der Waals surface area contributed by atoms with E-state index in [9.17, 15) is 9.59 Å². The van der Waals surface area contributed by atoms with Crippen LogP contribution in [0, 0.1) is 23.2 Å². The van der Waals surface area contributed by atoms with Gasteiger partial charge in [-0.1, -0.05) is 53.5 Å². The van der Waals surface area contributed by atoms with Crippen molar-refractivity contribution in [2.45, 2.75) is 60.3 Å². The Bertz CT molecular complexity index is 798. The number of ketones is 1. The zero-order chi connectivity index (χ0) is 19.8. The fraction of sp³-hybridized carbons (Fsp3) is 0.520. The van der Waals surface area contributed by atoms with Crippen molar-refractivity contribution in [3.63, 3.8) is 0 Å². The average Bonchev–Trinajstić information content (AvgIpc) is 3.04. The molecule has 0 heterocycles. The Labute approximate surface area is 163 Å². The summed E-state index contributed by atoms with van der Waals surface area (Å²) in [5.41, 5.74) is 6.22. The summed E-state index contributed by atoms with van der Waals surface area (Å²) >= 11 is 0. The van der Waals surface area contributed by atoms with E-state index in [0.29, 0.717) is 11.5 Å². The van der Waals surface area contributed by atoms with Crippen LogP contribution >= 0.6 is 0 Å². The second-order valence-electron chi connectivity index (χ2n) is 9.15. The fourth-order valence-corrected chi connectivity index (χ4v) is 5.39. The third-order valence-electron chi connectivity index (χ3n) is 6.94. The highest BCUT2D eigenvalue weighted by molar-refractivity contribution is 6.01. The molecule has 27 heavy (non-hydrogen) atoms. The number of allylic oxidation sites excluding steroid dienone is 10. The van der Waals surface area contributed by atoms with Crippen LogP contribution in [0.1, 0.15) is 60.3 Å². The van der Waals surface area contributed by atoms with Crippen molar-refractivity contribution in [1.29, 1.82) is 0 Å². The molecule has 1 fully saturated rings. The van der Waals surface area contributed by atoms with Crippen molar-refractivity contribution in [1.82, 2.24) is 0 Å². The number of hydrogen-bond acceptors (Lipinski definition) is 2. The van der Waals surface area contributed by atoms with Gasteiger partial charge in [-0.05, 0) is 82.3 Å². The summed E-state index contributed by atoms with van der Waals surface area (Å²) in [5, 5.41) is 0. The zero-order valence-corrected chi connectivity index (χ0v) is 17.3. The normalized spacial score (nSPS) is 35.0. The number of aldehydes is 1. The van der Waals surface area contributed by atoms with Gasteiger partial charge in [0, 0.05) is 0 Å². The Morgan fingerprint density at radius 1 is 1.26 bits per heavy atom. The second kappa shape index (κ2) is 7.58. The highest BCUT2D eigenvalue weighted by Crippen LogP contribution is 2.56. The van der Waals surface area contributed by atoms with Crippen LogP contribution in [0.15, 0.2) is 58.2 Å². The highest BCUT2D eigenvalue weighted by Gasteiger charge is 2.48. The first-order valence-electron chi connectivity index (χ1n) is 10.2. The van der Waals surface area contributed by atoms with Crippen LogP contribution < -0.4 is 0 Å². The molecule has 0 unspecified atom stereocenters. The lowest BCUT2D eigenvalue weighted by atomic mass is 9.65. The van der Waals surface area contributed by atoms with E-state index in [1.54, 1.807) is 6.08 Å². The third kappa shape index (κ3) is 3.72. The highest BCUT2D eigenvalue weighted by atomic mass is 16.1. The van der Waals surface area contributed by atoms with Crippen molar-refractivity contribution >= 4 is 12.1 Å². The third-order valence-corrected chi connectivity index (χ3v) is 6.94. The molecule has 3 aliphatic rings. The maximum atomic E-state index is 12.5. The summed E-state index contributed by atoms with van der Waals surface area (Å²) in [6.45, 7) is 10.9. The van der Waals surface area contributed by atoms with Gasteiger partial charge in [0.05, 0.1) is 5.92 Å². The zero-order valence-electron chi connectivity index (χ0n) is 17.3. The van der Waals surface area contributed by atoms with Crippen LogP contribution in [-0.4, -0.2) is 12.1 Å². The molecule has 3 aliphatic carbocycles. The van der Waals surface area contributed by atoms with E-state index in [1.807, 2.05) is 0 Å². The molecule has 144 valence electrons. The van der Waals surface area contributed by atoms with Gasteiger partial charge in [-0.3, -0.25) is 9.59 Å². The van der Waals surface area contributed by atoms with E-state index < -0.39 is 0 Å². The van der Waals surface area contributed by atoms with Crippen molar-refractivity contribution in [2.75, 3.05) is 0 Å². The van der Waals surface area contributed by atoms with Gasteiger partial charge in [-0.25, -0.2) is 0 Å². The van der Waals surface area contributed by atoms with Crippen molar-refractivity contribution in [2.24, 2.45) is 23.2 Å². The van der Waals surface area contributed by atoms with Gasteiger partial charge >= 0.3 is 0 Å². The Morgan fingerprint density at radius 2 is 2.00 bits per heavy atom. The molecule has 0 aliphatic heterocycles. The van der Waals surface area contributed by atoms with Gasteiger partial charge < -0.3 is 0 Å². The van der Waals surface area contributed by atoms with Crippen LogP contribution in [-0.2, 0) is 9.59 Å². The van der Waals surface area contributed by atoms with E-state index >= 15 is 0 Å². The van der Waals surface area contributed by atoms with E-state index in [-0.39, 0.29) is 23.0 Å². The molecule has 0 spiro atoms. The minimum Gasteiger partial charge on any atom is -0.298 e. The SMILES string of the molecule is CC(C)=C/C=C/C(C)=C1\CC[C@]2(C)C[C@@H]3C(C)=CC(=O)[C@@H]3C(C=O)=CC[C@@H]12. The van der Waals surface area contributed by atoms with Crippen LogP contribution in [0.3, 0.4) is 0 Å². The first-order valence-corrected chi connectivity index (χ1v) is 10.2. The van der Waals surface area contributed by atoms with Crippen LogP contribution in [0.5, 0.6) is 0 Å². The van der Waals surface area contributed by atoms with Gasteiger partial charge in [0.2, 0.25) is 0 Å².